The van der Waals surface area contributed by atoms with Crippen LogP contribution in [0.4, 0.5) is 17.1 Å². The predicted octanol–water partition coefficient (Wildman–Crippen LogP) is 8.97. The summed E-state index contributed by atoms with van der Waals surface area (Å²) in [5, 5.41) is 0. The number of carbonyl (C=O) groups is 1. The highest BCUT2D eigenvalue weighted by atomic mass is 16.2. The van der Waals surface area contributed by atoms with Gasteiger partial charge in [0.05, 0.1) is 6.54 Å². The van der Waals surface area contributed by atoms with Gasteiger partial charge in [-0.25, -0.2) is 0 Å². The van der Waals surface area contributed by atoms with Crippen molar-refractivity contribution in [1.82, 2.24) is 0 Å². The Morgan fingerprint density at radius 3 is 1.84 bits per heavy atom. The SMILES string of the molecule is CN(Cc1ccc(CN(C(=O)C2=CN(c3ccc(C(C)(C)C)cc3)CCC2(C)C)c2ccccc2)cc1)c1ccccc1. The Kier molecular flexibility index (Phi) is 8.77. The summed E-state index contributed by atoms with van der Waals surface area (Å²) in [6.45, 7) is 13.3. The standard InChI is InChI=1S/C39H45N3O/c1-38(2,3)32-21-23-34(24-22-32)41-26-25-39(4,5)36(29-41)37(43)42(35-15-11-8-12-16-35)28-31-19-17-30(18-20-31)27-40(6)33-13-9-7-10-14-33/h7-24,29H,25-28H2,1-6H3. The molecule has 0 saturated carbocycles. The maximum Gasteiger partial charge on any atom is 0.256 e. The smallest absolute Gasteiger partial charge is 0.256 e. The average molecular weight is 572 g/mol. The fourth-order valence-corrected chi connectivity index (χ4v) is 5.64. The molecule has 1 aliphatic heterocycles. The van der Waals surface area contributed by atoms with Crippen molar-refractivity contribution in [1.29, 1.82) is 0 Å². The molecule has 1 heterocycles. The Morgan fingerprint density at radius 2 is 1.28 bits per heavy atom. The molecule has 0 radical (unpaired) electrons. The van der Waals surface area contributed by atoms with Crippen molar-refractivity contribution in [2.75, 3.05) is 28.3 Å². The third-order valence-corrected chi connectivity index (χ3v) is 8.58. The molecule has 0 N–H and O–H groups in total. The molecule has 0 atom stereocenters. The van der Waals surface area contributed by atoms with E-state index < -0.39 is 0 Å². The molecule has 0 bridgehead atoms. The molecule has 43 heavy (non-hydrogen) atoms. The summed E-state index contributed by atoms with van der Waals surface area (Å²) >= 11 is 0. The van der Waals surface area contributed by atoms with Gasteiger partial charge in [-0.1, -0.05) is 107 Å². The molecule has 0 spiro atoms. The van der Waals surface area contributed by atoms with Crippen LogP contribution in [-0.2, 0) is 23.3 Å². The zero-order chi connectivity index (χ0) is 30.6. The van der Waals surface area contributed by atoms with E-state index in [-0.39, 0.29) is 16.7 Å². The second kappa shape index (κ2) is 12.5. The van der Waals surface area contributed by atoms with E-state index in [0.29, 0.717) is 6.54 Å². The van der Waals surface area contributed by atoms with Crippen molar-refractivity contribution >= 4 is 23.0 Å². The minimum Gasteiger partial charge on any atom is -0.370 e. The van der Waals surface area contributed by atoms with E-state index in [2.05, 4.69) is 130 Å². The second-order valence-corrected chi connectivity index (χ2v) is 13.4. The summed E-state index contributed by atoms with van der Waals surface area (Å²) in [7, 11) is 2.11. The van der Waals surface area contributed by atoms with Gasteiger partial charge in [-0.3, -0.25) is 4.79 Å². The summed E-state index contributed by atoms with van der Waals surface area (Å²) in [6, 6.07) is 37.9. The van der Waals surface area contributed by atoms with Crippen molar-refractivity contribution in [3.05, 3.63) is 138 Å². The third kappa shape index (κ3) is 7.19. The average Bonchev–Trinajstić information content (AvgIpc) is 3.01. The molecular weight excluding hydrogens is 526 g/mol. The molecule has 5 rings (SSSR count). The van der Waals surface area contributed by atoms with E-state index in [0.717, 1.165) is 42.0 Å². The lowest BCUT2D eigenvalue weighted by Gasteiger charge is -2.39. The van der Waals surface area contributed by atoms with E-state index >= 15 is 0 Å². The molecule has 0 unspecified atom stereocenters. The first-order valence-corrected chi connectivity index (χ1v) is 15.3. The second-order valence-electron chi connectivity index (χ2n) is 13.4. The van der Waals surface area contributed by atoms with E-state index in [1.807, 2.05) is 41.3 Å². The Bertz CT molecular complexity index is 1530. The minimum atomic E-state index is -0.238. The molecule has 222 valence electrons. The normalized spacial score (nSPS) is 14.7. The maximum absolute atomic E-state index is 14.5. The first-order valence-electron chi connectivity index (χ1n) is 15.3. The van der Waals surface area contributed by atoms with Gasteiger partial charge >= 0.3 is 0 Å². The van der Waals surface area contributed by atoms with Crippen LogP contribution in [0.2, 0.25) is 0 Å². The molecule has 0 aromatic heterocycles. The molecule has 4 aromatic carbocycles. The first kappa shape index (κ1) is 30.2. The van der Waals surface area contributed by atoms with Gasteiger partial charge in [0.15, 0.2) is 0 Å². The van der Waals surface area contributed by atoms with E-state index in [4.69, 9.17) is 0 Å². The lowest BCUT2D eigenvalue weighted by molar-refractivity contribution is -0.116. The summed E-state index contributed by atoms with van der Waals surface area (Å²) in [5.41, 5.74) is 7.56. The molecule has 0 saturated heterocycles. The van der Waals surface area contributed by atoms with Crippen molar-refractivity contribution in [3.8, 4) is 0 Å². The molecule has 0 aliphatic carbocycles. The molecule has 4 nitrogen and oxygen atoms in total. The number of hydrogen-bond donors (Lipinski definition) is 0. The van der Waals surface area contributed by atoms with Gasteiger partial charge in [0.25, 0.3) is 5.91 Å². The van der Waals surface area contributed by atoms with Crippen molar-refractivity contribution in [2.24, 2.45) is 5.41 Å². The van der Waals surface area contributed by atoms with Gasteiger partial charge in [-0.2, -0.15) is 0 Å². The van der Waals surface area contributed by atoms with Crippen LogP contribution in [-0.4, -0.2) is 19.5 Å². The van der Waals surface area contributed by atoms with Gasteiger partial charge in [0, 0.05) is 49.0 Å². The number of carbonyl (C=O) groups excluding carboxylic acids is 1. The number of amides is 1. The monoisotopic (exact) mass is 571 g/mol. The van der Waals surface area contributed by atoms with Crippen LogP contribution in [0, 0.1) is 5.41 Å². The van der Waals surface area contributed by atoms with Crippen LogP contribution in [0.5, 0.6) is 0 Å². The Labute approximate surface area is 258 Å². The van der Waals surface area contributed by atoms with Gasteiger partial charge in [0.2, 0.25) is 0 Å². The number of benzene rings is 4. The van der Waals surface area contributed by atoms with E-state index in [9.17, 15) is 4.79 Å². The summed E-state index contributed by atoms with van der Waals surface area (Å²) < 4.78 is 0. The highest BCUT2D eigenvalue weighted by Crippen LogP contribution is 2.38. The largest absolute Gasteiger partial charge is 0.370 e. The topological polar surface area (TPSA) is 26.8 Å². The summed E-state index contributed by atoms with van der Waals surface area (Å²) in [6.07, 6.45) is 2.99. The van der Waals surface area contributed by atoms with Gasteiger partial charge in [0.1, 0.15) is 0 Å². The minimum absolute atomic E-state index is 0.0556. The Hall–Kier alpha value is -4.31. The van der Waals surface area contributed by atoms with E-state index in [1.165, 1.54) is 16.8 Å². The highest BCUT2D eigenvalue weighted by molar-refractivity contribution is 6.06. The first-order chi connectivity index (χ1) is 20.5. The van der Waals surface area contributed by atoms with Crippen molar-refractivity contribution < 1.29 is 4.79 Å². The maximum atomic E-state index is 14.5. The fourth-order valence-electron chi connectivity index (χ4n) is 5.64. The van der Waals surface area contributed by atoms with Crippen LogP contribution in [0.25, 0.3) is 0 Å². The zero-order valence-electron chi connectivity index (χ0n) is 26.5. The Balaban J connectivity index is 1.40. The highest BCUT2D eigenvalue weighted by Gasteiger charge is 2.36. The van der Waals surface area contributed by atoms with Crippen LogP contribution in [0.15, 0.2) is 121 Å². The van der Waals surface area contributed by atoms with Crippen molar-refractivity contribution in [2.45, 2.75) is 59.5 Å². The lowest BCUT2D eigenvalue weighted by atomic mass is 9.78. The summed E-state index contributed by atoms with van der Waals surface area (Å²) in [5.74, 6) is 0.0556. The Morgan fingerprint density at radius 1 is 0.744 bits per heavy atom. The molecule has 4 aromatic rings. The van der Waals surface area contributed by atoms with Crippen LogP contribution in [0.1, 0.15) is 57.7 Å². The number of para-hydroxylation sites is 2. The lowest BCUT2D eigenvalue weighted by Crippen LogP contribution is -2.41. The molecule has 4 heteroatoms. The van der Waals surface area contributed by atoms with Crippen LogP contribution in [0.3, 0.4) is 0 Å². The predicted molar refractivity (Wildman–Crippen MR) is 182 cm³/mol. The number of hydrogen-bond acceptors (Lipinski definition) is 3. The summed E-state index contributed by atoms with van der Waals surface area (Å²) in [4.78, 5) is 20.9. The van der Waals surface area contributed by atoms with E-state index in [1.54, 1.807) is 0 Å². The number of nitrogens with zero attached hydrogens (tertiary/aromatic N) is 3. The zero-order valence-corrected chi connectivity index (χ0v) is 26.5. The van der Waals surface area contributed by atoms with Crippen molar-refractivity contribution in [3.63, 3.8) is 0 Å². The van der Waals surface area contributed by atoms with Gasteiger partial charge < -0.3 is 14.7 Å². The molecule has 1 aliphatic rings. The van der Waals surface area contributed by atoms with Gasteiger partial charge in [-0.15, -0.1) is 0 Å². The van der Waals surface area contributed by atoms with Crippen LogP contribution < -0.4 is 14.7 Å². The van der Waals surface area contributed by atoms with Crippen LogP contribution >= 0.6 is 0 Å². The molecule has 0 fully saturated rings. The third-order valence-electron chi connectivity index (χ3n) is 8.58. The van der Waals surface area contributed by atoms with Gasteiger partial charge in [-0.05, 0) is 70.3 Å². The quantitative estimate of drug-likeness (QED) is 0.211. The number of anilines is 3. The number of rotatable bonds is 8. The molecular formula is C39H45N3O. The fraction of sp³-hybridized carbons (Fsp3) is 0.308. The molecule has 1 amide bonds.